The zero-order valence-electron chi connectivity index (χ0n) is 18.0. The molecule has 0 saturated heterocycles. The molecule has 0 aliphatic heterocycles. The average molecular weight is 496 g/mol. The van der Waals surface area contributed by atoms with E-state index >= 15 is 0 Å². The van der Waals surface area contributed by atoms with Crippen molar-refractivity contribution in [2.24, 2.45) is 0 Å². The topological polar surface area (TPSA) is 0 Å². The van der Waals surface area contributed by atoms with Gasteiger partial charge in [-0.05, 0) is 0 Å². The monoisotopic (exact) mass is 496 g/mol. The van der Waals surface area contributed by atoms with Crippen LogP contribution < -0.4 is 0 Å². The van der Waals surface area contributed by atoms with Crippen LogP contribution in [0.2, 0.25) is 18.3 Å². The quantitative estimate of drug-likeness (QED) is 0.254. The molecule has 2 rings (SSSR count). The Kier molecular flexibility index (Phi) is 10.3. The first-order chi connectivity index (χ1) is 13.1. The van der Waals surface area contributed by atoms with Gasteiger partial charge >= 0.3 is 179 Å². The average Bonchev–Trinajstić information content (AvgIpc) is 3.17. The Bertz CT molecular complexity index is 550. The van der Waals surface area contributed by atoms with Gasteiger partial charge < -0.3 is 0 Å². The van der Waals surface area contributed by atoms with Crippen LogP contribution in [0, 0.1) is 0 Å². The number of rotatable bonds is 12. The number of benzene rings is 1. The zero-order valence-corrected chi connectivity index (χ0v) is 21.6. The van der Waals surface area contributed by atoms with Crippen LogP contribution in [0.4, 0.5) is 0 Å². The Morgan fingerprint density at radius 2 is 1.41 bits per heavy atom. The van der Waals surface area contributed by atoms with Gasteiger partial charge in [0.2, 0.25) is 0 Å². The van der Waals surface area contributed by atoms with E-state index in [4.69, 9.17) is 11.6 Å². The summed E-state index contributed by atoms with van der Waals surface area (Å²) in [6.45, 7) is 7.09. The molecule has 2 heteroatoms. The molecule has 152 valence electrons. The van der Waals surface area contributed by atoms with Gasteiger partial charge in [0.15, 0.2) is 0 Å². The molecule has 0 atom stereocenters. The summed E-state index contributed by atoms with van der Waals surface area (Å²) in [5.41, 5.74) is 1.60. The minimum absolute atomic E-state index is 0.213. The summed E-state index contributed by atoms with van der Waals surface area (Å²) in [5.74, 6) is 0. The molecule has 0 heterocycles. The summed E-state index contributed by atoms with van der Waals surface area (Å²) in [6.07, 6.45) is 16.3. The third kappa shape index (κ3) is 6.53. The zero-order chi connectivity index (χ0) is 19.6. The van der Waals surface area contributed by atoms with Crippen LogP contribution in [0.1, 0.15) is 90.5 Å². The standard InChI is InChI=1S/C13H14Cl.3C4H9.Sn/c1-2-13(9-5-6-10-13)11-7-3-4-8-12(11)14;3*1-3-4-2;/h1-4,7-8H,5-6,9-10H2;3*1,3-4H2,2H3;. The van der Waals surface area contributed by atoms with Crippen molar-refractivity contribution in [1.82, 2.24) is 0 Å². The van der Waals surface area contributed by atoms with E-state index in [1.54, 1.807) is 13.3 Å². The Hall–Kier alpha value is 0.0487. The van der Waals surface area contributed by atoms with Crippen molar-refractivity contribution < 1.29 is 0 Å². The summed E-state index contributed by atoms with van der Waals surface area (Å²) in [6, 6.07) is 8.63. The molecule has 0 N–H and O–H groups in total. The molecule has 1 fully saturated rings. The van der Waals surface area contributed by atoms with E-state index in [2.05, 4.69) is 55.2 Å². The summed E-state index contributed by atoms with van der Waals surface area (Å²) in [4.78, 5) is 0. The molecule has 0 radical (unpaired) electrons. The molecule has 1 saturated carbocycles. The first-order valence-electron chi connectivity index (χ1n) is 11.6. The second kappa shape index (κ2) is 11.9. The predicted molar refractivity (Wildman–Crippen MR) is 126 cm³/mol. The SMILES string of the molecule is CCC[CH2][Sn](/[CH]=C/C1(c2ccccc2Cl)CCCC1)([CH2]CCC)[CH2]CCC. The van der Waals surface area contributed by atoms with Crippen LogP contribution >= 0.6 is 11.6 Å². The fourth-order valence-corrected chi connectivity index (χ4v) is 19.8. The summed E-state index contributed by atoms with van der Waals surface area (Å²) in [7, 11) is 0. The van der Waals surface area contributed by atoms with E-state index < -0.39 is 18.4 Å². The van der Waals surface area contributed by atoms with E-state index in [0.717, 1.165) is 5.02 Å². The Labute approximate surface area is 178 Å². The number of hydrogen-bond donors (Lipinski definition) is 0. The van der Waals surface area contributed by atoms with Crippen LogP contribution in [-0.4, -0.2) is 18.4 Å². The first-order valence-corrected chi connectivity index (χ1v) is 19.6. The van der Waals surface area contributed by atoms with Gasteiger partial charge in [-0.15, -0.1) is 0 Å². The number of hydrogen-bond acceptors (Lipinski definition) is 0. The van der Waals surface area contributed by atoms with Crippen molar-refractivity contribution in [2.75, 3.05) is 0 Å². The summed E-state index contributed by atoms with van der Waals surface area (Å²) < 4.78 is 7.55. The van der Waals surface area contributed by atoms with Crippen molar-refractivity contribution in [3.05, 3.63) is 45.0 Å². The number of allylic oxidation sites excluding steroid dienone is 1. The minimum atomic E-state index is -2.24. The van der Waals surface area contributed by atoms with Gasteiger partial charge in [0, 0.05) is 0 Å². The van der Waals surface area contributed by atoms with E-state index in [0.29, 0.717) is 0 Å². The normalized spacial score (nSPS) is 17.0. The predicted octanol–water partition coefficient (Wildman–Crippen LogP) is 9.10. The van der Waals surface area contributed by atoms with Crippen LogP contribution in [0.5, 0.6) is 0 Å². The van der Waals surface area contributed by atoms with Gasteiger partial charge in [0.1, 0.15) is 0 Å². The van der Waals surface area contributed by atoms with Crippen LogP contribution in [0.3, 0.4) is 0 Å². The van der Waals surface area contributed by atoms with Gasteiger partial charge in [-0.3, -0.25) is 0 Å². The van der Waals surface area contributed by atoms with Crippen molar-refractivity contribution in [1.29, 1.82) is 0 Å². The van der Waals surface area contributed by atoms with Crippen LogP contribution in [-0.2, 0) is 5.41 Å². The van der Waals surface area contributed by atoms with Crippen molar-refractivity contribution in [3.63, 3.8) is 0 Å². The summed E-state index contributed by atoms with van der Waals surface area (Å²) in [5, 5.41) is 0.973. The number of halogens is 1. The molecule has 0 spiro atoms. The van der Waals surface area contributed by atoms with Crippen molar-refractivity contribution >= 4 is 30.0 Å². The third-order valence-electron chi connectivity index (χ3n) is 6.75. The molecular formula is C25H41ClSn. The van der Waals surface area contributed by atoms with Gasteiger partial charge in [-0.2, -0.15) is 0 Å². The number of unbranched alkanes of at least 4 members (excludes halogenated alkanes) is 3. The molecule has 0 bridgehead atoms. The second-order valence-corrected chi connectivity index (χ2v) is 22.3. The van der Waals surface area contributed by atoms with Gasteiger partial charge in [-0.25, -0.2) is 0 Å². The van der Waals surface area contributed by atoms with E-state index in [1.165, 1.54) is 69.8 Å². The molecule has 0 aromatic heterocycles. The van der Waals surface area contributed by atoms with Gasteiger partial charge in [0.05, 0.1) is 0 Å². The third-order valence-corrected chi connectivity index (χ3v) is 21.1. The second-order valence-electron chi connectivity index (χ2n) is 8.85. The van der Waals surface area contributed by atoms with Gasteiger partial charge in [-0.1, -0.05) is 0 Å². The molecule has 0 unspecified atom stereocenters. The van der Waals surface area contributed by atoms with Gasteiger partial charge in [0.25, 0.3) is 0 Å². The van der Waals surface area contributed by atoms with E-state index in [1.807, 2.05) is 0 Å². The van der Waals surface area contributed by atoms with E-state index in [9.17, 15) is 0 Å². The molecule has 27 heavy (non-hydrogen) atoms. The fourth-order valence-electron chi connectivity index (χ4n) is 4.94. The molecule has 0 nitrogen and oxygen atoms in total. The molecule has 0 amide bonds. The van der Waals surface area contributed by atoms with Crippen LogP contribution in [0.15, 0.2) is 34.4 Å². The fraction of sp³-hybridized carbons (Fsp3) is 0.680. The maximum atomic E-state index is 6.68. The van der Waals surface area contributed by atoms with Crippen molar-refractivity contribution in [2.45, 2.75) is 104 Å². The Morgan fingerprint density at radius 1 is 0.889 bits per heavy atom. The molecule has 1 aromatic carbocycles. The molecule has 1 aliphatic rings. The molecule has 1 aromatic rings. The molecular weight excluding hydrogens is 454 g/mol. The molecule has 1 aliphatic carbocycles. The summed E-state index contributed by atoms with van der Waals surface area (Å²) >= 11 is 4.44. The Morgan fingerprint density at radius 3 is 1.89 bits per heavy atom. The first kappa shape index (κ1) is 23.3. The Balaban J connectivity index is 2.35. The van der Waals surface area contributed by atoms with Crippen LogP contribution in [0.25, 0.3) is 0 Å². The van der Waals surface area contributed by atoms with E-state index in [-0.39, 0.29) is 5.41 Å². The van der Waals surface area contributed by atoms with Crippen molar-refractivity contribution in [3.8, 4) is 0 Å². The maximum absolute atomic E-state index is 6.68.